The quantitative estimate of drug-likeness (QED) is 0.655. The lowest BCUT2D eigenvalue weighted by Gasteiger charge is -2.28. The van der Waals surface area contributed by atoms with Crippen LogP contribution in [0.5, 0.6) is 0 Å². The summed E-state index contributed by atoms with van der Waals surface area (Å²) in [5, 5.41) is 1.26. The zero-order valence-electron chi connectivity index (χ0n) is 14.7. The third-order valence-electron chi connectivity index (χ3n) is 4.76. The number of halogens is 1. The minimum Gasteiger partial charge on any atom is -0.422 e. The molecule has 3 heterocycles. The summed E-state index contributed by atoms with van der Waals surface area (Å²) in [6.45, 7) is 4.13. The van der Waals surface area contributed by atoms with Crippen molar-refractivity contribution in [3.63, 3.8) is 0 Å². The van der Waals surface area contributed by atoms with Gasteiger partial charge in [0.25, 0.3) is 0 Å². The van der Waals surface area contributed by atoms with Crippen LogP contribution in [-0.2, 0) is 25.9 Å². The fraction of sp³-hybridized carbons (Fsp3) is 0.350. The molecule has 0 N–H and O–H groups in total. The number of aromatic nitrogens is 2. The Hall–Kier alpha value is -2.24. The average Bonchev–Trinajstić information content (AvgIpc) is 2.65. The second kappa shape index (κ2) is 7.17. The molecule has 6 heteroatoms. The van der Waals surface area contributed by atoms with Crippen molar-refractivity contribution in [1.82, 2.24) is 14.9 Å². The molecule has 1 aliphatic heterocycles. The minimum absolute atomic E-state index is 0.367. The Morgan fingerprint density at radius 1 is 1.31 bits per heavy atom. The Labute approximate surface area is 156 Å². The van der Waals surface area contributed by atoms with E-state index in [4.69, 9.17) is 16.0 Å². The van der Waals surface area contributed by atoms with Gasteiger partial charge in [0.2, 0.25) is 0 Å². The largest absolute Gasteiger partial charge is 0.422 e. The molecule has 4 rings (SSSR count). The first-order valence-corrected chi connectivity index (χ1v) is 9.29. The van der Waals surface area contributed by atoms with Crippen molar-refractivity contribution in [2.24, 2.45) is 0 Å². The van der Waals surface area contributed by atoms with Crippen LogP contribution in [0.2, 0.25) is 5.02 Å². The molecule has 0 atom stereocenters. The molecule has 0 unspecified atom stereocenters. The van der Waals surface area contributed by atoms with E-state index in [2.05, 4.69) is 21.8 Å². The van der Waals surface area contributed by atoms with E-state index in [-0.39, 0.29) is 5.63 Å². The molecule has 0 saturated carbocycles. The van der Waals surface area contributed by atoms with Crippen LogP contribution in [0.4, 0.5) is 0 Å². The van der Waals surface area contributed by atoms with Gasteiger partial charge in [-0.3, -0.25) is 4.90 Å². The normalized spacial score (nSPS) is 14.5. The molecule has 0 spiro atoms. The summed E-state index contributed by atoms with van der Waals surface area (Å²) in [4.78, 5) is 23.7. The maximum atomic E-state index is 12.4. The molecule has 0 aliphatic carbocycles. The summed E-state index contributed by atoms with van der Waals surface area (Å²) in [6.07, 6.45) is 4.72. The van der Waals surface area contributed by atoms with Crippen molar-refractivity contribution < 1.29 is 4.42 Å². The van der Waals surface area contributed by atoms with E-state index in [1.54, 1.807) is 6.07 Å². The molecule has 0 bridgehead atoms. The van der Waals surface area contributed by atoms with Gasteiger partial charge in [-0.05, 0) is 18.6 Å². The number of nitrogens with zero attached hydrogens (tertiary/aromatic N) is 3. The van der Waals surface area contributed by atoms with E-state index in [0.717, 1.165) is 48.3 Å². The van der Waals surface area contributed by atoms with E-state index in [9.17, 15) is 4.79 Å². The Kier molecular flexibility index (Phi) is 4.74. The number of hydrogen-bond acceptors (Lipinski definition) is 5. The molecule has 0 amide bonds. The van der Waals surface area contributed by atoms with Gasteiger partial charge in [-0.15, -0.1) is 0 Å². The molecule has 5 nitrogen and oxygen atoms in total. The predicted molar refractivity (Wildman–Crippen MR) is 101 cm³/mol. The lowest BCUT2D eigenvalue weighted by atomic mass is 10.1. The van der Waals surface area contributed by atoms with E-state index in [1.807, 2.05) is 24.4 Å². The number of benzene rings is 1. The first kappa shape index (κ1) is 17.2. The van der Waals surface area contributed by atoms with Crippen LogP contribution in [0.25, 0.3) is 11.0 Å². The zero-order chi connectivity index (χ0) is 18.1. The average molecular weight is 370 g/mol. The van der Waals surface area contributed by atoms with E-state index < -0.39 is 0 Å². The molecule has 26 heavy (non-hydrogen) atoms. The molecular formula is C20H20ClN3O2. The fourth-order valence-electron chi connectivity index (χ4n) is 3.40. The number of para-hydroxylation sites is 1. The summed E-state index contributed by atoms with van der Waals surface area (Å²) in [5.74, 6) is 0.915. The van der Waals surface area contributed by atoms with Crippen LogP contribution in [0.15, 0.2) is 39.7 Å². The van der Waals surface area contributed by atoms with E-state index in [1.165, 1.54) is 0 Å². The summed E-state index contributed by atoms with van der Waals surface area (Å²) in [6, 6.07) is 7.35. The van der Waals surface area contributed by atoms with Crippen LogP contribution < -0.4 is 5.63 Å². The van der Waals surface area contributed by atoms with Gasteiger partial charge < -0.3 is 4.42 Å². The molecule has 1 aliphatic rings. The highest BCUT2D eigenvalue weighted by molar-refractivity contribution is 6.35. The second-order valence-electron chi connectivity index (χ2n) is 6.65. The highest BCUT2D eigenvalue weighted by Crippen LogP contribution is 2.27. The van der Waals surface area contributed by atoms with Gasteiger partial charge >= 0.3 is 5.63 Å². The molecule has 2 aromatic heterocycles. The molecule has 0 saturated heterocycles. The molecular weight excluding hydrogens is 350 g/mol. The maximum absolute atomic E-state index is 12.4. The topological polar surface area (TPSA) is 59.2 Å². The van der Waals surface area contributed by atoms with Gasteiger partial charge in [-0.1, -0.05) is 30.7 Å². The molecule has 0 fully saturated rings. The zero-order valence-corrected chi connectivity index (χ0v) is 15.4. The van der Waals surface area contributed by atoms with Gasteiger partial charge in [0.1, 0.15) is 11.4 Å². The molecule has 3 aromatic rings. The van der Waals surface area contributed by atoms with Gasteiger partial charge in [-0.2, -0.15) is 0 Å². The predicted octanol–water partition coefficient (Wildman–Crippen LogP) is 3.75. The molecule has 0 radical (unpaired) electrons. The summed E-state index contributed by atoms with van der Waals surface area (Å²) < 4.78 is 5.44. The third kappa shape index (κ3) is 3.24. The van der Waals surface area contributed by atoms with E-state index in [0.29, 0.717) is 29.3 Å². The van der Waals surface area contributed by atoms with Crippen LogP contribution in [0, 0.1) is 0 Å². The third-order valence-corrected chi connectivity index (χ3v) is 5.19. The van der Waals surface area contributed by atoms with Crippen LogP contribution in [0.1, 0.15) is 36.0 Å². The lowest BCUT2D eigenvalue weighted by Crippen LogP contribution is -2.32. The highest BCUT2D eigenvalue weighted by atomic mass is 35.5. The van der Waals surface area contributed by atoms with Crippen LogP contribution in [-0.4, -0.2) is 21.4 Å². The van der Waals surface area contributed by atoms with Crippen molar-refractivity contribution in [1.29, 1.82) is 0 Å². The Morgan fingerprint density at radius 2 is 2.15 bits per heavy atom. The standard InChI is InChI=1S/C20H20ClN3O2/c1-2-5-18-22-10-13-11-24(9-8-16(13)23-18)12-15-19(21)14-6-3-4-7-17(14)26-20(15)25/h3-4,6-7,10H,2,5,8-9,11-12H2,1H3. The first-order chi connectivity index (χ1) is 12.7. The Bertz CT molecular complexity index is 1020. The highest BCUT2D eigenvalue weighted by Gasteiger charge is 2.22. The fourth-order valence-corrected chi connectivity index (χ4v) is 3.70. The maximum Gasteiger partial charge on any atom is 0.342 e. The summed E-state index contributed by atoms with van der Waals surface area (Å²) in [5.41, 5.74) is 2.91. The van der Waals surface area contributed by atoms with Gasteiger partial charge in [-0.25, -0.2) is 14.8 Å². The number of aryl methyl sites for hydroxylation is 1. The second-order valence-corrected chi connectivity index (χ2v) is 7.02. The van der Waals surface area contributed by atoms with E-state index >= 15 is 0 Å². The van der Waals surface area contributed by atoms with Crippen molar-refractivity contribution in [3.8, 4) is 0 Å². The smallest absolute Gasteiger partial charge is 0.342 e. The number of fused-ring (bicyclic) bond motifs is 2. The van der Waals surface area contributed by atoms with Crippen molar-refractivity contribution in [2.45, 2.75) is 39.3 Å². The van der Waals surface area contributed by atoms with Crippen LogP contribution in [0.3, 0.4) is 0 Å². The van der Waals surface area contributed by atoms with Crippen LogP contribution >= 0.6 is 11.6 Å². The number of hydrogen-bond donors (Lipinski definition) is 0. The molecule has 134 valence electrons. The molecule has 1 aromatic carbocycles. The first-order valence-electron chi connectivity index (χ1n) is 8.92. The van der Waals surface area contributed by atoms with Crippen molar-refractivity contribution in [3.05, 3.63) is 68.6 Å². The van der Waals surface area contributed by atoms with Crippen molar-refractivity contribution >= 4 is 22.6 Å². The monoisotopic (exact) mass is 369 g/mol. The number of rotatable bonds is 4. The summed E-state index contributed by atoms with van der Waals surface area (Å²) >= 11 is 6.51. The van der Waals surface area contributed by atoms with Gasteiger partial charge in [0.05, 0.1) is 10.6 Å². The lowest BCUT2D eigenvalue weighted by molar-refractivity contribution is 0.239. The minimum atomic E-state index is -0.367. The Balaban J connectivity index is 1.59. The van der Waals surface area contributed by atoms with Gasteiger partial charge in [0.15, 0.2) is 0 Å². The van der Waals surface area contributed by atoms with Gasteiger partial charge in [0, 0.05) is 55.3 Å². The Morgan fingerprint density at radius 3 is 3.00 bits per heavy atom. The van der Waals surface area contributed by atoms with Crippen molar-refractivity contribution in [2.75, 3.05) is 6.54 Å². The summed E-state index contributed by atoms with van der Waals surface area (Å²) in [7, 11) is 0. The SMILES string of the molecule is CCCc1ncc2c(n1)CCN(Cc1c(Cl)c3ccccc3oc1=O)C2.